The highest BCUT2D eigenvalue weighted by Crippen LogP contribution is 2.35. The van der Waals surface area contributed by atoms with Gasteiger partial charge in [-0.1, -0.05) is 24.3 Å². The lowest BCUT2D eigenvalue weighted by molar-refractivity contribution is -0.275. The molecule has 10 nitrogen and oxygen atoms in total. The number of H-pyrrole nitrogens is 1. The number of aromatic nitrogens is 3. The summed E-state index contributed by atoms with van der Waals surface area (Å²) in [6.45, 7) is 6.47. The second kappa shape index (κ2) is 15.9. The van der Waals surface area contributed by atoms with E-state index in [1.165, 1.54) is 16.7 Å². The summed E-state index contributed by atoms with van der Waals surface area (Å²) in [4.78, 5) is 20.0. The Labute approximate surface area is 276 Å². The fraction of sp³-hybridized carbons (Fsp3) is 0.382. The minimum Gasteiger partial charge on any atom is -0.403 e. The fourth-order valence-corrected chi connectivity index (χ4v) is 5.43. The van der Waals surface area contributed by atoms with Gasteiger partial charge in [0.15, 0.2) is 17.5 Å². The molecule has 8 N–H and O–H groups in total. The van der Waals surface area contributed by atoms with Gasteiger partial charge < -0.3 is 31.8 Å². The van der Waals surface area contributed by atoms with Gasteiger partial charge >= 0.3 is 12.1 Å². The SMILES string of the molecule is C/C=C/C[C@H](CCN[C@@H](C)c1ccc(-n2cc3cc(-c4cc(CCC[C@H](C)N)cc(OC(F)(F)F)c4F)[nH]c3nc2=O)cc1)NC(=N)N. The van der Waals surface area contributed by atoms with Crippen molar-refractivity contribution in [2.75, 3.05) is 6.54 Å². The first kappa shape index (κ1) is 36.2. The van der Waals surface area contributed by atoms with E-state index in [4.69, 9.17) is 16.9 Å². The van der Waals surface area contributed by atoms with Gasteiger partial charge in [0.1, 0.15) is 5.65 Å². The van der Waals surface area contributed by atoms with Crippen molar-refractivity contribution >= 4 is 17.0 Å². The molecule has 4 rings (SSSR count). The van der Waals surface area contributed by atoms with E-state index in [-0.39, 0.29) is 41.0 Å². The van der Waals surface area contributed by atoms with Crippen molar-refractivity contribution in [1.29, 1.82) is 5.41 Å². The second-order valence-corrected chi connectivity index (χ2v) is 11.9. The molecule has 2 aromatic heterocycles. The lowest BCUT2D eigenvalue weighted by Crippen LogP contribution is -2.40. The molecule has 0 unspecified atom stereocenters. The number of ether oxygens (including phenoxy) is 1. The number of alkyl halides is 3. The molecule has 2 aromatic carbocycles. The van der Waals surface area contributed by atoms with E-state index >= 15 is 4.39 Å². The molecule has 0 amide bonds. The van der Waals surface area contributed by atoms with E-state index < -0.39 is 23.6 Å². The normalized spacial score (nSPS) is 13.9. The maximum Gasteiger partial charge on any atom is 0.573 e. The van der Waals surface area contributed by atoms with Crippen LogP contribution in [-0.4, -0.2) is 45.5 Å². The predicted octanol–water partition coefficient (Wildman–Crippen LogP) is 5.95. The van der Waals surface area contributed by atoms with Crippen LogP contribution < -0.4 is 32.5 Å². The smallest absolute Gasteiger partial charge is 0.403 e. The zero-order valence-corrected chi connectivity index (χ0v) is 27.1. The largest absolute Gasteiger partial charge is 0.573 e. The van der Waals surface area contributed by atoms with Crippen molar-refractivity contribution in [2.45, 2.75) is 77.4 Å². The monoisotopic (exact) mass is 670 g/mol. The minimum atomic E-state index is -5.08. The number of nitrogens with one attached hydrogen (secondary N) is 4. The number of hydrogen-bond donors (Lipinski definition) is 6. The number of rotatable bonds is 15. The van der Waals surface area contributed by atoms with E-state index in [2.05, 4.69) is 25.3 Å². The van der Waals surface area contributed by atoms with Gasteiger partial charge in [0.05, 0.1) is 11.4 Å². The summed E-state index contributed by atoms with van der Waals surface area (Å²) in [6, 6.07) is 11.3. The molecule has 258 valence electrons. The molecule has 3 atom stereocenters. The maximum absolute atomic E-state index is 15.4. The molecule has 0 aliphatic carbocycles. The standard InChI is InChI=1S/C34H42F4N8O2/c1-4-5-9-25(43-32(40)41)14-15-42-21(3)23-10-12-26(13-11-23)46-19-24-18-28(44-31(24)45-33(46)47)27-16-22(8-6-7-20(2)39)17-29(30(27)35)48-34(36,37)38/h4-5,10-13,16-21,25,42H,6-9,14-15,39H2,1-3H3,(H4,40,41,43)(H,44,45,47)/b5-4+/t20-,21-,25+/m0/s1. The molecule has 14 heteroatoms. The van der Waals surface area contributed by atoms with Crippen LogP contribution >= 0.6 is 0 Å². The van der Waals surface area contributed by atoms with E-state index in [0.717, 1.165) is 24.5 Å². The Balaban J connectivity index is 1.55. The number of hydrogen-bond acceptors (Lipinski definition) is 6. The van der Waals surface area contributed by atoms with Crippen LogP contribution in [0.15, 0.2) is 65.6 Å². The number of nitrogens with two attached hydrogens (primary N) is 2. The highest BCUT2D eigenvalue weighted by atomic mass is 19.4. The third kappa shape index (κ3) is 9.91. The Morgan fingerprint density at radius 3 is 2.54 bits per heavy atom. The Hall–Kier alpha value is -4.69. The Bertz CT molecular complexity index is 1780. The van der Waals surface area contributed by atoms with Crippen molar-refractivity contribution in [1.82, 2.24) is 25.2 Å². The summed E-state index contributed by atoms with van der Waals surface area (Å²) in [5, 5.41) is 14.4. The highest BCUT2D eigenvalue weighted by molar-refractivity contribution is 5.83. The topological polar surface area (TPSA) is 160 Å². The van der Waals surface area contributed by atoms with Gasteiger partial charge in [0, 0.05) is 35.3 Å². The first-order valence-corrected chi connectivity index (χ1v) is 15.8. The van der Waals surface area contributed by atoms with Crippen molar-refractivity contribution in [3.8, 4) is 22.7 Å². The third-order valence-corrected chi connectivity index (χ3v) is 7.88. The van der Waals surface area contributed by atoms with Crippen molar-refractivity contribution in [2.24, 2.45) is 11.5 Å². The number of halogens is 4. The van der Waals surface area contributed by atoms with Gasteiger partial charge in [-0.2, -0.15) is 4.98 Å². The van der Waals surface area contributed by atoms with Gasteiger partial charge in [-0.25, -0.2) is 9.18 Å². The molecule has 0 aliphatic heterocycles. The van der Waals surface area contributed by atoms with Gasteiger partial charge in [-0.3, -0.25) is 9.98 Å². The summed E-state index contributed by atoms with van der Waals surface area (Å²) >= 11 is 0. The molecule has 2 heterocycles. The molecule has 0 fully saturated rings. The highest BCUT2D eigenvalue weighted by Gasteiger charge is 2.33. The molecule has 0 saturated heterocycles. The predicted molar refractivity (Wildman–Crippen MR) is 180 cm³/mol. The lowest BCUT2D eigenvalue weighted by atomic mass is 10.0. The average Bonchev–Trinajstić information content (AvgIpc) is 3.42. The summed E-state index contributed by atoms with van der Waals surface area (Å²) in [5.41, 5.74) is 12.9. The Kier molecular flexibility index (Phi) is 12.0. The quantitative estimate of drug-likeness (QED) is 0.0395. The van der Waals surface area contributed by atoms with E-state index in [9.17, 15) is 18.0 Å². The van der Waals surface area contributed by atoms with Crippen LogP contribution in [0, 0.1) is 11.2 Å². The zero-order chi connectivity index (χ0) is 35.0. The van der Waals surface area contributed by atoms with E-state index in [0.29, 0.717) is 42.4 Å². The summed E-state index contributed by atoms with van der Waals surface area (Å²) in [5.74, 6) is -2.19. The van der Waals surface area contributed by atoms with Gasteiger partial charge in [0.2, 0.25) is 0 Å². The summed E-state index contributed by atoms with van der Waals surface area (Å²) < 4.78 is 60.1. The number of nitrogens with zero attached hydrogens (tertiary/aromatic N) is 2. The zero-order valence-electron chi connectivity index (χ0n) is 27.1. The summed E-state index contributed by atoms with van der Waals surface area (Å²) in [6.07, 6.45) is 3.54. The summed E-state index contributed by atoms with van der Waals surface area (Å²) in [7, 11) is 0. The lowest BCUT2D eigenvalue weighted by Gasteiger charge is -2.20. The Morgan fingerprint density at radius 2 is 1.90 bits per heavy atom. The molecule has 0 aliphatic rings. The Morgan fingerprint density at radius 1 is 1.17 bits per heavy atom. The van der Waals surface area contributed by atoms with Crippen LogP contribution in [0.3, 0.4) is 0 Å². The first-order valence-electron chi connectivity index (χ1n) is 15.8. The second-order valence-electron chi connectivity index (χ2n) is 11.9. The molecule has 0 spiro atoms. The van der Waals surface area contributed by atoms with Crippen LogP contribution in [0.25, 0.3) is 28.0 Å². The van der Waals surface area contributed by atoms with Crippen molar-refractivity contribution in [3.05, 3.63) is 88.2 Å². The van der Waals surface area contributed by atoms with Gasteiger partial charge in [0.25, 0.3) is 0 Å². The first-order chi connectivity index (χ1) is 22.7. The van der Waals surface area contributed by atoms with Crippen molar-refractivity contribution < 1.29 is 22.3 Å². The van der Waals surface area contributed by atoms with E-state index in [1.54, 1.807) is 18.3 Å². The van der Waals surface area contributed by atoms with Crippen LogP contribution in [0.5, 0.6) is 5.75 Å². The van der Waals surface area contributed by atoms with E-state index in [1.807, 2.05) is 45.1 Å². The van der Waals surface area contributed by atoms with Crippen LogP contribution in [0.1, 0.15) is 63.6 Å². The van der Waals surface area contributed by atoms with Gasteiger partial charge in [-0.05, 0) is 101 Å². The molecule has 48 heavy (non-hydrogen) atoms. The van der Waals surface area contributed by atoms with Crippen LogP contribution in [0.4, 0.5) is 17.6 Å². The van der Waals surface area contributed by atoms with Crippen LogP contribution in [0.2, 0.25) is 0 Å². The number of aromatic amines is 1. The number of benzene rings is 2. The molecular formula is C34H42F4N8O2. The fourth-order valence-electron chi connectivity index (χ4n) is 5.43. The molecular weight excluding hydrogens is 628 g/mol. The number of fused-ring (bicyclic) bond motifs is 1. The molecule has 0 saturated carbocycles. The molecule has 0 bridgehead atoms. The number of allylic oxidation sites excluding steroid dienone is 1. The minimum absolute atomic E-state index is 0.00103. The van der Waals surface area contributed by atoms with Crippen LogP contribution in [-0.2, 0) is 6.42 Å². The average molecular weight is 671 g/mol. The van der Waals surface area contributed by atoms with Gasteiger partial charge in [-0.15, -0.1) is 13.2 Å². The number of aryl methyl sites for hydroxylation is 1. The maximum atomic E-state index is 15.4. The van der Waals surface area contributed by atoms with Crippen molar-refractivity contribution in [3.63, 3.8) is 0 Å². The third-order valence-electron chi connectivity index (χ3n) is 7.88. The number of guanidine groups is 1. The molecule has 4 aromatic rings. The molecule has 0 radical (unpaired) electrons.